The molecule has 0 heterocycles. The van der Waals surface area contributed by atoms with Crippen LogP contribution >= 0.6 is 0 Å². The lowest BCUT2D eigenvalue weighted by Gasteiger charge is -2.10. The molecular weight excluding hydrogens is 240 g/mol. The third kappa shape index (κ3) is 2.34. The van der Waals surface area contributed by atoms with Crippen LogP contribution in [-0.2, 0) is 14.6 Å². The fourth-order valence-corrected chi connectivity index (χ4v) is 3.78. The van der Waals surface area contributed by atoms with Gasteiger partial charge >= 0.3 is 5.97 Å². The van der Waals surface area contributed by atoms with Crippen molar-refractivity contribution in [2.24, 2.45) is 5.41 Å². The highest BCUT2D eigenvalue weighted by Crippen LogP contribution is 2.47. The van der Waals surface area contributed by atoms with Gasteiger partial charge in [-0.15, -0.1) is 0 Å². The second-order valence-electron chi connectivity index (χ2n) is 4.66. The quantitative estimate of drug-likeness (QED) is 0.886. The molecule has 1 aromatic rings. The highest BCUT2D eigenvalue weighted by atomic mass is 32.2. The van der Waals surface area contributed by atoms with Crippen molar-refractivity contribution in [1.29, 1.82) is 0 Å². The Bertz CT molecular complexity index is 556. The molecule has 2 rings (SSSR count). The van der Waals surface area contributed by atoms with Crippen LogP contribution in [0, 0.1) is 12.3 Å². The topological polar surface area (TPSA) is 71.4 Å². The maximum absolute atomic E-state index is 12.1. The molecule has 92 valence electrons. The van der Waals surface area contributed by atoms with Crippen molar-refractivity contribution >= 4 is 15.8 Å². The molecule has 0 unspecified atom stereocenters. The summed E-state index contributed by atoms with van der Waals surface area (Å²) < 4.78 is 24.2. The van der Waals surface area contributed by atoms with Gasteiger partial charge in [0, 0.05) is 0 Å². The summed E-state index contributed by atoms with van der Waals surface area (Å²) in [6, 6.07) is 6.57. The van der Waals surface area contributed by atoms with Crippen molar-refractivity contribution in [2.45, 2.75) is 24.7 Å². The Morgan fingerprint density at radius 3 is 2.53 bits per heavy atom. The maximum atomic E-state index is 12.1. The Morgan fingerprint density at radius 1 is 1.41 bits per heavy atom. The number of sulfone groups is 1. The van der Waals surface area contributed by atoms with E-state index < -0.39 is 21.2 Å². The van der Waals surface area contributed by atoms with Gasteiger partial charge in [-0.2, -0.15) is 0 Å². The van der Waals surface area contributed by atoms with Crippen LogP contribution in [0.25, 0.3) is 0 Å². The van der Waals surface area contributed by atoms with Gasteiger partial charge in [0.2, 0.25) is 0 Å². The van der Waals surface area contributed by atoms with Crippen molar-refractivity contribution in [1.82, 2.24) is 0 Å². The highest BCUT2D eigenvalue weighted by molar-refractivity contribution is 7.91. The summed E-state index contributed by atoms with van der Waals surface area (Å²) in [4.78, 5) is 11.2. The van der Waals surface area contributed by atoms with Gasteiger partial charge in [-0.1, -0.05) is 12.1 Å². The van der Waals surface area contributed by atoms with E-state index >= 15 is 0 Å². The fraction of sp³-hybridized carbons (Fsp3) is 0.417. The summed E-state index contributed by atoms with van der Waals surface area (Å²) in [5.74, 6) is -1.30. The molecule has 1 aromatic carbocycles. The number of carboxylic acid groups (broad SMARTS) is 1. The number of hydrogen-bond acceptors (Lipinski definition) is 3. The highest BCUT2D eigenvalue weighted by Gasteiger charge is 2.53. The largest absolute Gasteiger partial charge is 0.481 e. The Morgan fingerprint density at radius 2 is 2.06 bits per heavy atom. The van der Waals surface area contributed by atoms with E-state index in [9.17, 15) is 13.2 Å². The molecule has 1 aliphatic carbocycles. The van der Waals surface area contributed by atoms with E-state index in [-0.39, 0.29) is 10.6 Å². The molecule has 5 heteroatoms. The third-order valence-electron chi connectivity index (χ3n) is 3.12. The zero-order chi connectivity index (χ0) is 12.7. The van der Waals surface area contributed by atoms with Crippen LogP contribution in [0.2, 0.25) is 0 Å². The van der Waals surface area contributed by atoms with Crippen LogP contribution in [0.15, 0.2) is 29.2 Å². The second kappa shape index (κ2) is 3.84. The minimum absolute atomic E-state index is 0.213. The standard InChI is InChI=1S/C12H14O4S/c1-9-3-2-4-10(7-9)17(15,16)8-12(5-6-12)11(13)14/h2-4,7H,5-6,8H2,1H3,(H,13,14). The first kappa shape index (κ1) is 12.1. The first-order chi connectivity index (χ1) is 7.86. The molecule has 1 N–H and O–H groups in total. The summed E-state index contributed by atoms with van der Waals surface area (Å²) in [5.41, 5.74) is -0.186. The number of carboxylic acids is 1. The van der Waals surface area contributed by atoms with Crippen LogP contribution < -0.4 is 0 Å². The van der Waals surface area contributed by atoms with E-state index in [1.54, 1.807) is 12.1 Å². The van der Waals surface area contributed by atoms with E-state index in [4.69, 9.17) is 5.11 Å². The molecule has 0 amide bonds. The number of rotatable bonds is 4. The Balaban J connectivity index is 2.29. The average molecular weight is 254 g/mol. The van der Waals surface area contributed by atoms with Crippen molar-refractivity contribution in [3.63, 3.8) is 0 Å². The molecular formula is C12H14O4S. The van der Waals surface area contributed by atoms with Crippen LogP contribution in [-0.4, -0.2) is 25.2 Å². The van der Waals surface area contributed by atoms with Crippen molar-refractivity contribution < 1.29 is 18.3 Å². The smallest absolute Gasteiger partial charge is 0.310 e. The SMILES string of the molecule is Cc1cccc(S(=O)(=O)CC2(C(=O)O)CC2)c1. The lowest BCUT2D eigenvalue weighted by Crippen LogP contribution is -2.25. The van der Waals surface area contributed by atoms with Gasteiger partial charge in [0.1, 0.15) is 0 Å². The minimum Gasteiger partial charge on any atom is -0.481 e. The van der Waals surface area contributed by atoms with Gasteiger partial charge in [-0.3, -0.25) is 4.79 Å². The van der Waals surface area contributed by atoms with Gasteiger partial charge in [0.25, 0.3) is 0 Å². The normalized spacial score (nSPS) is 17.7. The number of benzene rings is 1. The maximum Gasteiger partial charge on any atom is 0.310 e. The molecule has 0 radical (unpaired) electrons. The summed E-state index contributed by atoms with van der Waals surface area (Å²) in [7, 11) is -3.50. The summed E-state index contributed by atoms with van der Waals surface area (Å²) in [5, 5.41) is 9.00. The molecule has 4 nitrogen and oxygen atoms in total. The summed E-state index contributed by atoms with van der Waals surface area (Å²) >= 11 is 0. The van der Waals surface area contributed by atoms with E-state index in [1.165, 1.54) is 6.07 Å². The summed E-state index contributed by atoms with van der Waals surface area (Å²) in [6.45, 7) is 1.81. The van der Waals surface area contributed by atoms with Gasteiger partial charge in [-0.25, -0.2) is 8.42 Å². The zero-order valence-corrected chi connectivity index (χ0v) is 10.3. The van der Waals surface area contributed by atoms with E-state index in [0.29, 0.717) is 12.8 Å². The number of aliphatic carboxylic acids is 1. The van der Waals surface area contributed by atoms with Crippen LogP contribution in [0.3, 0.4) is 0 Å². The van der Waals surface area contributed by atoms with Crippen LogP contribution in [0.4, 0.5) is 0 Å². The van der Waals surface area contributed by atoms with Crippen molar-refractivity contribution in [3.8, 4) is 0 Å². The van der Waals surface area contributed by atoms with Gasteiger partial charge in [-0.05, 0) is 37.5 Å². The van der Waals surface area contributed by atoms with Crippen molar-refractivity contribution in [3.05, 3.63) is 29.8 Å². The lowest BCUT2D eigenvalue weighted by molar-refractivity contribution is -0.142. The van der Waals surface area contributed by atoms with Gasteiger partial charge in [0.05, 0.1) is 16.1 Å². The second-order valence-corrected chi connectivity index (χ2v) is 6.65. The first-order valence-corrected chi connectivity index (χ1v) is 7.04. The van der Waals surface area contributed by atoms with Gasteiger partial charge in [0.15, 0.2) is 9.84 Å². The van der Waals surface area contributed by atoms with Crippen LogP contribution in [0.1, 0.15) is 18.4 Å². The molecule has 17 heavy (non-hydrogen) atoms. The monoisotopic (exact) mass is 254 g/mol. The van der Waals surface area contributed by atoms with Gasteiger partial charge < -0.3 is 5.11 Å². The zero-order valence-electron chi connectivity index (χ0n) is 9.51. The summed E-state index contributed by atoms with van der Waals surface area (Å²) in [6.07, 6.45) is 0.904. The number of carbonyl (C=O) groups is 1. The molecule has 0 atom stereocenters. The predicted molar refractivity (Wildman–Crippen MR) is 62.5 cm³/mol. The first-order valence-electron chi connectivity index (χ1n) is 5.39. The van der Waals surface area contributed by atoms with Crippen LogP contribution in [0.5, 0.6) is 0 Å². The molecule has 0 aliphatic heterocycles. The Labute approximate surface area is 100 Å². The van der Waals surface area contributed by atoms with E-state index in [0.717, 1.165) is 5.56 Å². The van der Waals surface area contributed by atoms with Crippen molar-refractivity contribution in [2.75, 3.05) is 5.75 Å². The Hall–Kier alpha value is -1.36. The number of aryl methyl sites for hydroxylation is 1. The Kier molecular flexibility index (Phi) is 2.73. The number of hydrogen-bond donors (Lipinski definition) is 1. The molecule has 1 fully saturated rings. The molecule has 1 aliphatic rings. The molecule has 0 saturated heterocycles. The predicted octanol–water partition coefficient (Wildman–Crippen LogP) is 1.63. The molecule has 0 aromatic heterocycles. The minimum atomic E-state index is -3.50. The van der Waals surface area contributed by atoms with E-state index in [1.807, 2.05) is 13.0 Å². The molecule has 0 bridgehead atoms. The molecule has 0 spiro atoms. The average Bonchev–Trinajstić information content (AvgIpc) is 2.98. The van der Waals surface area contributed by atoms with E-state index in [2.05, 4.69) is 0 Å². The third-order valence-corrected chi connectivity index (χ3v) is 5.03. The molecule has 1 saturated carbocycles. The fourth-order valence-electron chi connectivity index (χ4n) is 1.83. The lowest BCUT2D eigenvalue weighted by atomic mass is 10.1.